The summed E-state index contributed by atoms with van der Waals surface area (Å²) in [4.78, 5) is 8.66. The molecule has 0 saturated heterocycles. The molecule has 5 nitrogen and oxygen atoms in total. The molecule has 6 heteroatoms. The first kappa shape index (κ1) is 12.1. The molecule has 0 bridgehead atoms. The van der Waals surface area contributed by atoms with E-state index in [1.54, 1.807) is 0 Å². The van der Waals surface area contributed by atoms with Crippen LogP contribution < -0.4 is 5.73 Å². The monoisotopic (exact) mass is 274 g/mol. The van der Waals surface area contributed by atoms with Crippen LogP contribution in [0.15, 0.2) is 22.7 Å². The summed E-state index contributed by atoms with van der Waals surface area (Å²) in [6, 6.07) is 5.83. The van der Waals surface area contributed by atoms with Gasteiger partial charge < -0.3 is 10.3 Å². The highest BCUT2D eigenvalue weighted by Gasteiger charge is 2.14. The molecule has 0 aliphatic heterocycles. The molecule has 2 aromatic heterocycles. The number of rotatable bonds is 3. The highest BCUT2D eigenvalue weighted by molar-refractivity contribution is 7.22. The standard InChI is InChI=1S/C13H14N4OS/c1-3-7(2)11-16-12(18-17-11)8-4-5-9-10(6-8)19-13(14)15-9/h4-7H,3H2,1-2H3,(H2,14,15). The van der Waals surface area contributed by atoms with Crippen LogP contribution in [0.5, 0.6) is 0 Å². The highest BCUT2D eigenvalue weighted by atomic mass is 32.1. The van der Waals surface area contributed by atoms with Crippen LogP contribution in [-0.4, -0.2) is 15.1 Å². The van der Waals surface area contributed by atoms with Crippen molar-refractivity contribution in [3.63, 3.8) is 0 Å². The maximum atomic E-state index is 5.70. The van der Waals surface area contributed by atoms with E-state index in [0.717, 1.165) is 28.0 Å². The zero-order valence-electron chi connectivity index (χ0n) is 10.8. The Hall–Kier alpha value is -1.95. The number of benzene rings is 1. The van der Waals surface area contributed by atoms with Gasteiger partial charge in [-0.15, -0.1) is 0 Å². The quantitative estimate of drug-likeness (QED) is 0.791. The molecule has 1 atom stereocenters. The van der Waals surface area contributed by atoms with Crippen LogP contribution in [0.2, 0.25) is 0 Å². The Balaban J connectivity index is 2.01. The van der Waals surface area contributed by atoms with E-state index in [1.807, 2.05) is 18.2 Å². The minimum atomic E-state index is 0.306. The third-order valence-corrected chi connectivity index (χ3v) is 3.99. The third kappa shape index (κ3) is 2.19. The largest absolute Gasteiger partial charge is 0.375 e. The van der Waals surface area contributed by atoms with E-state index in [4.69, 9.17) is 10.3 Å². The molecule has 0 aliphatic carbocycles. The van der Waals surface area contributed by atoms with Gasteiger partial charge in [-0.05, 0) is 24.6 Å². The molecule has 0 fully saturated rings. The second kappa shape index (κ2) is 4.62. The second-order valence-corrected chi connectivity index (χ2v) is 5.56. The number of nitrogens with zero attached hydrogens (tertiary/aromatic N) is 3. The molecule has 19 heavy (non-hydrogen) atoms. The van der Waals surface area contributed by atoms with Crippen molar-refractivity contribution < 1.29 is 4.52 Å². The Kier molecular flexibility index (Phi) is 2.94. The number of thiazole rings is 1. The van der Waals surface area contributed by atoms with Gasteiger partial charge in [0.2, 0.25) is 0 Å². The molecule has 1 aromatic carbocycles. The number of hydrogen-bond donors (Lipinski definition) is 1. The Morgan fingerprint density at radius 1 is 1.37 bits per heavy atom. The van der Waals surface area contributed by atoms with E-state index in [1.165, 1.54) is 11.3 Å². The molecule has 2 N–H and O–H groups in total. The van der Waals surface area contributed by atoms with Crippen molar-refractivity contribution in [2.45, 2.75) is 26.2 Å². The van der Waals surface area contributed by atoms with Crippen LogP contribution in [0.25, 0.3) is 21.7 Å². The van der Waals surface area contributed by atoms with E-state index in [9.17, 15) is 0 Å². The summed E-state index contributed by atoms with van der Waals surface area (Å²) in [6.45, 7) is 4.19. The fraction of sp³-hybridized carbons (Fsp3) is 0.308. The summed E-state index contributed by atoms with van der Waals surface area (Å²) in [6.07, 6.45) is 0.989. The summed E-state index contributed by atoms with van der Waals surface area (Å²) < 4.78 is 6.35. The van der Waals surface area contributed by atoms with Crippen LogP contribution in [0, 0.1) is 0 Å². The lowest BCUT2D eigenvalue weighted by atomic mass is 10.1. The molecule has 0 saturated carbocycles. The van der Waals surface area contributed by atoms with Gasteiger partial charge in [-0.1, -0.05) is 30.3 Å². The normalized spacial score (nSPS) is 12.9. The number of fused-ring (bicyclic) bond motifs is 1. The van der Waals surface area contributed by atoms with Crippen LogP contribution in [0.4, 0.5) is 5.13 Å². The Labute approximate surface area is 114 Å². The number of nitrogen functional groups attached to an aromatic ring is 1. The minimum Gasteiger partial charge on any atom is -0.375 e. The summed E-state index contributed by atoms with van der Waals surface area (Å²) in [7, 11) is 0. The zero-order chi connectivity index (χ0) is 13.4. The topological polar surface area (TPSA) is 77.8 Å². The maximum absolute atomic E-state index is 5.70. The first-order valence-electron chi connectivity index (χ1n) is 6.17. The molecule has 3 rings (SSSR count). The van der Waals surface area contributed by atoms with Gasteiger partial charge in [0.05, 0.1) is 10.2 Å². The molecular formula is C13H14N4OS. The van der Waals surface area contributed by atoms with E-state index in [-0.39, 0.29) is 0 Å². The van der Waals surface area contributed by atoms with Gasteiger partial charge in [0.1, 0.15) is 0 Å². The third-order valence-electron chi connectivity index (χ3n) is 3.15. The average molecular weight is 274 g/mol. The van der Waals surface area contributed by atoms with Gasteiger partial charge in [-0.3, -0.25) is 0 Å². The number of hydrogen-bond acceptors (Lipinski definition) is 6. The van der Waals surface area contributed by atoms with Crippen molar-refractivity contribution in [1.82, 2.24) is 15.1 Å². The smallest absolute Gasteiger partial charge is 0.257 e. The SMILES string of the molecule is CCC(C)c1noc(-c2ccc3nc(N)sc3c2)n1. The fourth-order valence-electron chi connectivity index (χ4n) is 1.81. The van der Waals surface area contributed by atoms with Crippen molar-refractivity contribution in [2.24, 2.45) is 0 Å². The van der Waals surface area contributed by atoms with Gasteiger partial charge in [0, 0.05) is 11.5 Å². The Morgan fingerprint density at radius 3 is 3.00 bits per heavy atom. The number of aromatic nitrogens is 3. The lowest BCUT2D eigenvalue weighted by molar-refractivity contribution is 0.416. The maximum Gasteiger partial charge on any atom is 0.257 e. The highest BCUT2D eigenvalue weighted by Crippen LogP contribution is 2.29. The average Bonchev–Trinajstić information content (AvgIpc) is 3.01. The van der Waals surface area contributed by atoms with Gasteiger partial charge in [0.15, 0.2) is 11.0 Å². The summed E-state index contributed by atoms with van der Waals surface area (Å²) in [5.41, 5.74) is 7.49. The van der Waals surface area contributed by atoms with Gasteiger partial charge in [-0.2, -0.15) is 4.98 Å². The molecular weight excluding hydrogens is 260 g/mol. The lowest BCUT2D eigenvalue weighted by Gasteiger charge is -1.98. The van der Waals surface area contributed by atoms with Crippen LogP contribution in [0.3, 0.4) is 0 Å². The van der Waals surface area contributed by atoms with Crippen LogP contribution >= 0.6 is 11.3 Å². The predicted octanol–water partition coefficient (Wildman–Crippen LogP) is 3.44. The summed E-state index contributed by atoms with van der Waals surface area (Å²) >= 11 is 1.46. The zero-order valence-corrected chi connectivity index (χ0v) is 11.6. The first-order valence-corrected chi connectivity index (χ1v) is 6.99. The summed E-state index contributed by atoms with van der Waals surface area (Å²) in [5.74, 6) is 1.60. The van der Waals surface area contributed by atoms with Crippen molar-refractivity contribution in [3.8, 4) is 11.5 Å². The molecule has 1 unspecified atom stereocenters. The van der Waals surface area contributed by atoms with Crippen molar-refractivity contribution >= 4 is 26.7 Å². The molecule has 98 valence electrons. The summed E-state index contributed by atoms with van der Waals surface area (Å²) in [5, 5.41) is 4.59. The fourth-order valence-corrected chi connectivity index (χ4v) is 2.58. The predicted molar refractivity (Wildman–Crippen MR) is 76.0 cm³/mol. The molecule has 0 aliphatic rings. The first-order chi connectivity index (χ1) is 9.17. The van der Waals surface area contributed by atoms with E-state index in [2.05, 4.69) is 29.0 Å². The van der Waals surface area contributed by atoms with Gasteiger partial charge >= 0.3 is 0 Å². The van der Waals surface area contributed by atoms with Crippen LogP contribution in [0.1, 0.15) is 32.0 Å². The van der Waals surface area contributed by atoms with E-state index < -0.39 is 0 Å². The Morgan fingerprint density at radius 2 is 2.21 bits per heavy atom. The second-order valence-electron chi connectivity index (χ2n) is 4.50. The van der Waals surface area contributed by atoms with Gasteiger partial charge in [0.25, 0.3) is 5.89 Å². The van der Waals surface area contributed by atoms with Gasteiger partial charge in [-0.25, -0.2) is 4.98 Å². The minimum absolute atomic E-state index is 0.306. The molecule has 0 radical (unpaired) electrons. The van der Waals surface area contributed by atoms with Crippen molar-refractivity contribution in [1.29, 1.82) is 0 Å². The molecule has 2 heterocycles. The number of anilines is 1. The lowest BCUT2D eigenvalue weighted by Crippen LogP contribution is -1.93. The number of nitrogens with two attached hydrogens (primary N) is 1. The van der Waals surface area contributed by atoms with Crippen LogP contribution in [-0.2, 0) is 0 Å². The van der Waals surface area contributed by atoms with Crippen molar-refractivity contribution in [2.75, 3.05) is 5.73 Å². The van der Waals surface area contributed by atoms with Crippen molar-refractivity contribution in [3.05, 3.63) is 24.0 Å². The molecule has 0 amide bonds. The van der Waals surface area contributed by atoms with E-state index in [0.29, 0.717) is 16.9 Å². The Bertz CT molecular complexity index is 718. The molecule has 3 aromatic rings. The van der Waals surface area contributed by atoms with E-state index >= 15 is 0 Å². The molecule has 0 spiro atoms.